The molecule has 0 bridgehead atoms. The summed E-state index contributed by atoms with van der Waals surface area (Å²) >= 11 is 0. The summed E-state index contributed by atoms with van der Waals surface area (Å²) in [5.41, 5.74) is 1.06. The Hall–Kier alpha value is -1.95. The van der Waals surface area contributed by atoms with Gasteiger partial charge in [0, 0.05) is 31.7 Å². The molecule has 0 radical (unpaired) electrons. The molecule has 6 heteroatoms. The topological polar surface area (TPSA) is 51.2 Å². The molecule has 1 aromatic carbocycles. The number of ether oxygens (including phenoxy) is 3. The lowest BCUT2D eigenvalue weighted by atomic mass is 9.96. The lowest BCUT2D eigenvalue weighted by molar-refractivity contribution is -0.136. The molecule has 0 saturated carbocycles. The Kier molecular flexibility index (Phi) is 6.25. The van der Waals surface area contributed by atoms with Gasteiger partial charge in [0.05, 0.1) is 27.2 Å². The van der Waals surface area contributed by atoms with E-state index in [2.05, 4.69) is 4.90 Å². The number of likely N-dealkylation sites (tertiary alicyclic amines) is 2. The van der Waals surface area contributed by atoms with Gasteiger partial charge in [0.2, 0.25) is 11.7 Å². The first kappa shape index (κ1) is 18.8. The molecule has 0 aromatic heterocycles. The largest absolute Gasteiger partial charge is 0.493 e. The minimum atomic E-state index is 0.119. The summed E-state index contributed by atoms with van der Waals surface area (Å²) < 4.78 is 16.4. The van der Waals surface area contributed by atoms with Gasteiger partial charge in [-0.15, -0.1) is 0 Å². The molecule has 2 aliphatic rings. The lowest BCUT2D eigenvalue weighted by Crippen LogP contribution is -2.43. The molecular weight excluding hydrogens is 332 g/mol. The minimum Gasteiger partial charge on any atom is -0.493 e. The van der Waals surface area contributed by atoms with Crippen molar-refractivity contribution >= 4 is 5.91 Å². The van der Waals surface area contributed by atoms with Gasteiger partial charge in [-0.25, -0.2) is 0 Å². The van der Waals surface area contributed by atoms with E-state index in [1.165, 1.54) is 0 Å². The lowest BCUT2D eigenvalue weighted by Gasteiger charge is -2.34. The van der Waals surface area contributed by atoms with Crippen LogP contribution in [0.3, 0.4) is 0 Å². The Morgan fingerprint density at radius 3 is 2.38 bits per heavy atom. The average Bonchev–Trinajstić information content (AvgIpc) is 3.21. The van der Waals surface area contributed by atoms with E-state index in [9.17, 15) is 4.79 Å². The summed E-state index contributed by atoms with van der Waals surface area (Å²) in [5.74, 6) is 2.45. The van der Waals surface area contributed by atoms with E-state index in [-0.39, 0.29) is 5.92 Å². The van der Waals surface area contributed by atoms with Crippen LogP contribution >= 0.6 is 0 Å². The SMILES string of the molecule is COc1ccc(CN2CCCC(C(=O)N3CCCC3)C2)c(OC)c1OC. The number of benzene rings is 1. The van der Waals surface area contributed by atoms with E-state index in [1.54, 1.807) is 21.3 Å². The van der Waals surface area contributed by atoms with Gasteiger partial charge in [-0.2, -0.15) is 0 Å². The van der Waals surface area contributed by atoms with E-state index in [4.69, 9.17) is 14.2 Å². The minimum absolute atomic E-state index is 0.119. The Morgan fingerprint density at radius 1 is 1.00 bits per heavy atom. The molecule has 0 aliphatic carbocycles. The fraction of sp³-hybridized carbons (Fsp3) is 0.650. The van der Waals surface area contributed by atoms with Crippen LogP contribution in [0, 0.1) is 5.92 Å². The molecule has 3 rings (SSSR count). The number of piperidine rings is 1. The second kappa shape index (κ2) is 8.62. The maximum atomic E-state index is 12.7. The van der Waals surface area contributed by atoms with Crippen molar-refractivity contribution in [1.29, 1.82) is 0 Å². The van der Waals surface area contributed by atoms with E-state index < -0.39 is 0 Å². The van der Waals surface area contributed by atoms with Crippen molar-refractivity contribution in [3.8, 4) is 17.2 Å². The number of rotatable bonds is 6. The van der Waals surface area contributed by atoms with Crippen molar-refractivity contribution in [3.05, 3.63) is 17.7 Å². The number of nitrogens with zero attached hydrogens (tertiary/aromatic N) is 2. The molecule has 0 spiro atoms. The van der Waals surface area contributed by atoms with Crippen LogP contribution in [0.1, 0.15) is 31.2 Å². The number of carbonyl (C=O) groups excluding carboxylic acids is 1. The maximum absolute atomic E-state index is 12.7. The maximum Gasteiger partial charge on any atom is 0.226 e. The zero-order valence-electron chi connectivity index (χ0n) is 16.1. The molecule has 1 aromatic rings. The Labute approximate surface area is 156 Å². The van der Waals surface area contributed by atoms with Crippen molar-refractivity contribution in [1.82, 2.24) is 9.80 Å². The summed E-state index contributed by atoms with van der Waals surface area (Å²) in [5, 5.41) is 0. The molecule has 144 valence electrons. The smallest absolute Gasteiger partial charge is 0.226 e. The van der Waals surface area contributed by atoms with Crippen LogP contribution in [-0.4, -0.2) is 63.2 Å². The third kappa shape index (κ3) is 3.90. The van der Waals surface area contributed by atoms with Crippen LogP contribution in [0.15, 0.2) is 12.1 Å². The highest BCUT2D eigenvalue weighted by molar-refractivity contribution is 5.79. The first-order chi connectivity index (χ1) is 12.7. The van der Waals surface area contributed by atoms with Gasteiger partial charge in [0.15, 0.2) is 11.5 Å². The quantitative estimate of drug-likeness (QED) is 0.778. The molecule has 2 aliphatic heterocycles. The van der Waals surface area contributed by atoms with Crippen LogP contribution in [0.25, 0.3) is 0 Å². The third-order valence-electron chi connectivity index (χ3n) is 5.45. The monoisotopic (exact) mass is 362 g/mol. The van der Waals surface area contributed by atoms with E-state index in [0.717, 1.165) is 64.0 Å². The zero-order chi connectivity index (χ0) is 18.5. The molecule has 26 heavy (non-hydrogen) atoms. The van der Waals surface area contributed by atoms with Crippen LogP contribution in [0.4, 0.5) is 0 Å². The zero-order valence-corrected chi connectivity index (χ0v) is 16.1. The van der Waals surface area contributed by atoms with Crippen LogP contribution in [0.2, 0.25) is 0 Å². The molecule has 1 unspecified atom stereocenters. The molecule has 2 heterocycles. The molecule has 0 N–H and O–H groups in total. The highest BCUT2D eigenvalue weighted by atomic mass is 16.5. The molecule has 1 amide bonds. The molecule has 2 saturated heterocycles. The number of hydrogen-bond acceptors (Lipinski definition) is 5. The third-order valence-corrected chi connectivity index (χ3v) is 5.45. The summed E-state index contributed by atoms with van der Waals surface area (Å²) in [7, 11) is 4.89. The highest BCUT2D eigenvalue weighted by Gasteiger charge is 2.31. The average molecular weight is 362 g/mol. The summed E-state index contributed by atoms with van der Waals surface area (Å²) in [6.45, 7) is 4.42. The molecular formula is C20H30N2O4. The highest BCUT2D eigenvalue weighted by Crippen LogP contribution is 2.40. The van der Waals surface area contributed by atoms with Crippen LogP contribution < -0.4 is 14.2 Å². The van der Waals surface area contributed by atoms with Gasteiger partial charge in [-0.3, -0.25) is 9.69 Å². The fourth-order valence-electron chi connectivity index (χ4n) is 4.13. The second-order valence-corrected chi connectivity index (χ2v) is 7.10. The molecule has 2 fully saturated rings. The normalized spacial score (nSPS) is 20.9. The van der Waals surface area contributed by atoms with Crippen LogP contribution in [0.5, 0.6) is 17.2 Å². The van der Waals surface area contributed by atoms with Crippen molar-refractivity contribution in [3.63, 3.8) is 0 Å². The summed E-state index contributed by atoms with van der Waals surface area (Å²) in [6.07, 6.45) is 4.34. The van der Waals surface area contributed by atoms with Gasteiger partial charge < -0.3 is 19.1 Å². The summed E-state index contributed by atoms with van der Waals surface area (Å²) in [4.78, 5) is 17.1. The van der Waals surface area contributed by atoms with Crippen molar-refractivity contribution in [2.45, 2.75) is 32.2 Å². The number of carbonyl (C=O) groups is 1. The van der Waals surface area contributed by atoms with Gasteiger partial charge in [0.1, 0.15) is 0 Å². The molecule has 1 atom stereocenters. The fourth-order valence-corrected chi connectivity index (χ4v) is 4.13. The van der Waals surface area contributed by atoms with Crippen LogP contribution in [-0.2, 0) is 11.3 Å². The standard InChI is InChI=1S/C20H30N2O4/c1-24-17-9-8-15(18(25-2)19(17)26-3)13-21-10-6-7-16(14-21)20(23)22-11-4-5-12-22/h8-9,16H,4-7,10-14H2,1-3H3. The summed E-state index contributed by atoms with van der Waals surface area (Å²) in [6, 6.07) is 3.93. The first-order valence-corrected chi connectivity index (χ1v) is 9.47. The van der Waals surface area contributed by atoms with E-state index >= 15 is 0 Å². The predicted molar refractivity (Wildman–Crippen MR) is 99.9 cm³/mol. The number of hydrogen-bond donors (Lipinski definition) is 0. The molecule has 6 nitrogen and oxygen atoms in total. The van der Waals surface area contributed by atoms with Crippen molar-refractivity contribution < 1.29 is 19.0 Å². The van der Waals surface area contributed by atoms with Gasteiger partial charge in [-0.1, -0.05) is 6.07 Å². The Balaban J connectivity index is 1.71. The van der Waals surface area contributed by atoms with Gasteiger partial charge in [0.25, 0.3) is 0 Å². The van der Waals surface area contributed by atoms with Crippen molar-refractivity contribution in [2.75, 3.05) is 47.5 Å². The second-order valence-electron chi connectivity index (χ2n) is 7.10. The van der Waals surface area contributed by atoms with Gasteiger partial charge in [-0.05, 0) is 38.3 Å². The van der Waals surface area contributed by atoms with Gasteiger partial charge >= 0.3 is 0 Å². The Morgan fingerprint density at radius 2 is 1.73 bits per heavy atom. The Bertz CT molecular complexity index is 628. The predicted octanol–water partition coefficient (Wildman–Crippen LogP) is 2.55. The number of methoxy groups -OCH3 is 3. The first-order valence-electron chi connectivity index (χ1n) is 9.47. The van der Waals surface area contributed by atoms with Crippen molar-refractivity contribution in [2.24, 2.45) is 5.92 Å². The number of amides is 1. The van der Waals surface area contributed by atoms with E-state index in [1.807, 2.05) is 17.0 Å². The van der Waals surface area contributed by atoms with E-state index in [0.29, 0.717) is 23.2 Å².